The normalized spacial score (nSPS) is 24.3. The number of hydrogen-bond donors (Lipinski definition) is 1. The highest BCUT2D eigenvalue weighted by molar-refractivity contribution is 5.22. The molecule has 0 aromatic carbocycles. The van der Waals surface area contributed by atoms with E-state index in [2.05, 4.69) is 5.16 Å². The van der Waals surface area contributed by atoms with Crippen LogP contribution in [0.25, 0.3) is 0 Å². The predicted molar refractivity (Wildman–Crippen MR) is 31.8 cm³/mol. The molecule has 0 aliphatic heterocycles. The van der Waals surface area contributed by atoms with E-state index in [1.54, 1.807) is 6.20 Å². The minimum atomic E-state index is 0.0995. The fourth-order valence-corrected chi connectivity index (χ4v) is 1.20. The zero-order valence-electron chi connectivity index (χ0n) is 5.00. The minimum absolute atomic E-state index is 0.0995. The zero-order valence-corrected chi connectivity index (χ0v) is 5.00. The molecule has 0 saturated carbocycles. The van der Waals surface area contributed by atoms with Gasteiger partial charge in [-0.3, -0.25) is 0 Å². The smallest absolute Gasteiger partial charge is 0.156 e. The molecule has 1 aromatic rings. The van der Waals surface area contributed by atoms with Gasteiger partial charge in [-0.25, -0.2) is 0 Å². The van der Waals surface area contributed by atoms with Crippen LogP contribution >= 0.6 is 0 Å². The van der Waals surface area contributed by atoms with Gasteiger partial charge >= 0.3 is 0 Å². The van der Waals surface area contributed by atoms with Gasteiger partial charge in [-0.2, -0.15) is 0 Å². The molecule has 0 bridgehead atoms. The number of nitrogens with zero attached hydrogens (tertiary/aromatic N) is 1. The van der Waals surface area contributed by atoms with Crippen molar-refractivity contribution in [3.8, 4) is 0 Å². The maximum absolute atomic E-state index is 5.66. The van der Waals surface area contributed by atoms with Crippen LogP contribution in [-0.4, -0.2) is 5.16 Å². The molecule has 1 unspecified atom stereocenters. The molecule has 3 nitrogen and oxygen atoms in total. The van der Waals surface area contributed by atoms with Crippen LogP contribution in [0.1, 0.15) is 23.8 Å². The van der Waals surface area contributed by atoms with Gasteiger partial charge in [0.15, 0.2) is 5.76 Å². The van der Waals surface area contributed by atoms with Crippen LogP contribution in [-0.2, 0) is 6.42 Å². The molecular weight excluding hydrogens is 116 g/mol. The first-order chi connectivity index (χ1) is 4.38. The minimum Gasteiger partial charge on any atom is -0.359 e. The highest BCUT2D eigenvalue weighted by atomic mass is 16.5. The quantitative estimate of drug-likeness (QED) is 0.551. The number of aryl methyl sites for hydroxylation is 1. The summed E-state index contributed by atoms with van der Waals surface area (Å²) in [5.74, 6) is 0.884. The van der Waals surface area contributed by atoms with Gasteiger partial charge in [0.05, 0.1) is 12.2 Å². The van der Waals surface area contributed by atoms with Crippen LogP contribution in [0.2, 0.25) is 0 Å². The maximum Gasteiger partial charge on any atom is 0.156 e. The first kappa shape index (κ1) is 4.99. The van der Waals surface area contributed by atoms with Crippen LogP contribution < -0.4 is 5.73 Å². The molecule has 2 rings (SSSR count). The Morgan fingerprint density at radius 1 is 1.78 bits per heavy atom. The Balaban J connectivity index is 2.49. The summed E-state index contributed by atoms with van der Waals surface area (Å²) in [6.45, 7) is 0. The fourth-order valence-electron chi connectivity index (χ4n) is 1.20. The molecule has 9 heavy (non-hydrogen) atoms. The third kappa shape index (κ3) is 0.580. The number of aromatic nitrogens is 1. The van der Waals surface area contributed by atoms with Crippen molar-refractivity contribution in [2.45, 2.75) is 18.9 Å². The first-order valence-corrected chi connectivity index (χ1v) is 3.07. The summed E-state index contributed by atoms with van der Waals surface area (Å²) in [5.41, 5.74) is 6.84. The summed E-state index contributed by atoms with van der Waals surface area (Å²) in [6, 6.07) is 0.0995. The van der Waals surface area contributed by atoms with E-state index in [1.165, 1.54) is 5.56 Å². The fraction of sp³-hybridized carbons (Fsp3) is 0.500. The molecule has 1 aliphatic carbocycles. The van der Waals surface area contributed by atoms with Crippen molar-refractivity contribution in [2.24, 2.45) is 5.73 Å². The van der Waals surface area contributed by atoms with Crippen molar-refractivity contribution >= 4 is 0 Å². The Kier molecular flexibility index (Phi) is 0.873. The third-order valence-electron chi connectivity index (χ3n) is 1.74. The van der Waals surface area contributed by atoms with Crippen LogP contribution in [0, 0.1) is 0 Å². The van der Waals surface area contributed by atoms with Crippen molar-refractivity contribution in [1.29, 1.82) is 0 Å². The number of rotatable bonds is 0. The molecule has 1 aliphatic rings. The van der Waals surface area contributed by atoms with Crippen LogP contribution in [0.15, 0.2) is 10.7 Å². The summed E-state index contributed by atoms with van der Waals surface area (Å²) < 4.78 is 4.91. The highest BCUT2D eigenvalue weighted by Gasteiger charge is 2.22. The summed E-state index contributed by atoms with van der Waals surface area (Å²) in [5, 5.41) is 3.64. The molecule has 1 aromatic heterocycles. The molecule has 0 saturated heterocycles. The molecule has 0 amide bonds. The van der Waals surface area contributed by atoms with E-state index in [4.69, 9.17) is 10.3 Å². The van der Waals surface area contributed by atoms with E-state index in [1.807, 2.05) is 0 Å². The van der Waals surface area contributed by atoms with Crippen molar-refractivity contribution in [2.75, 3.05) is 0 Å². The first-order valence-electron chi connectivity index (χ1n) is 3.07. The Labute approximate surface area is 52.8 Å². The average Bonchev–Trinajstić information content (AvgIpc) is 2.35. The summed E-state index contributed by atoms with van der Waals surface area (Å²) in [7, 11) is 0. The van der Waals surface area contributed by atoms with Gasteiger partial charge in [-0.15, -0.1) is 0 Å². The Hall–Kier alpha value is -0.830. The molecule has 0 spiro atoms. The molecular formula is C6H8N2O. The largest absolute Gasteiger partial charge is 0.359 e. The maximum atomic E-state index is 5.66. The average molecular weight is 124 g/mol. The molecule has 1 atom stereocenters. The van der Waals surface area contributed by atoms with Gasteiger partial charge in [-0.05, 0) is 12.8 Å². The number of fused-ring (bicyclic) bond motifs is 1. The van der Waals surface area contributed by atoms with E-state index in [9.17, 15) is 0 Å². The van der Waals surface area contributed by atoms with Gasteiger partial charge in [0.1, 0.15) is 0 Å². The van der Waals surface area contributed by atoms with Crippen molar-refractivity contribution in [3.05, 3.63) is 17.5 Å². The van der Waals surface area contributed by atoms with E-state index in [0.29, 0.717) is 0 Å². The summed E-state index contributed by atoms with van der Waals surface area (Å²) in [4.78, 5) is 0. The number of nitrogens with two attached hydrogens (primary N) is 1. The summed E-state index contributed by atoms with van der Waals surface area (Å²) in [6.07, 6.45) is 3.79. The van der Waals surface area contributed by atoms with Crippen molar-refractivity contribution in [3.63, 3.8) is 0 Å². The summed E-state index contributed by atoms with van der Waals surface area (Å²) >= 11 is 0. The molecule has 3 heteroatoms. The lowest BCUT2D eigenvalue weighted by Gasteiger charge is -1.94. The second kappa shape index (κ2) is 1.57. The second-order valence-corrected chi connectivity index (χ2v) is 2.36. The lowest BCUT2D eigenvalue weighted by atomic mass is 10.3. The van der Waals surface area contributed by atoms with Crippen LogP contribution in [0.3, 0.4) is 0 Å². The molecule has 0 fully saturated rings. The lowest BCUT2D eigenvalue weighted by Crippen LogP contribution is -2.03. The zero-order chi connectivity index (χ0) is 6.27. The Morgan fingerprint density at radius 3 is 3.44 bits per heavy atom. The monoisotopic (exact) mass is 124 g/mol. The Morgan fingerprint density at radius 2 is 2.67 bits per heavy atom. The standard InChI is InChI=1S/C6H8N2O/c7-5-2-1-4-3-8-9-6(4)5/h3,5H,1-2,7H2. The molecule has 1 heterocycles. The second-order valence-electron chi connectivity index (χ2n) is 2.36. The van der Waals surface area contributed by atoms with Crippen molar-refractivity contribution in [1.82, 2.24) is 5.16 Å². The topological polar surface area (TPSA) is 52.0 Å². The van der Waals surface area contributed by atoms with E-state index >= 15 is 0 Å². The molecule has 2 N–H and O–H groups in total. The molecule has 48 valence electrons. The molecule has 0 radical (unpaired) electrons. The third-order valence-corrected chi connectivity index (χ3v) is 1.74. The lowest BCUT2D eigenvalue weighted by molar-refractivity contribution is 0.365. The predicted octanol–water partition coefficient (Wildman–Crippen LogP) is 0.621. The van der Waals surface area contributed by atoms with Crippen LogP contribution in [0.4, 0.5) is 0 Å². The van der Waals surface area contributed by atoms with Gasteiger partial charge in [0.2, 0.25) is 0 Å². The van der Waals surface area contributed by atoms with Gasteiger partial charge in [0.25, 0.3) is 0 Å². The van der Waals surface area contributed by atoms with Gasteiger partial charge in [-0.1, -0.05) is 5.16 Å². The number of hydrogen-bond acceptors (Lipinski definition) is 3. The highest BCUT2D eigenvalue weighted by Crippen LogP contribution is 2.27. The van der Waals surface area contributed by atoms with Crippen molar-refractivity contribution < 1.29 is 4.52 Å². The van der Waals surface area contributed by atoms with Gasteiger partial charge < -0.3 is 10.3 Å². The van der Waals surface area contributed by atoms with E-state index in [-0.39, 0.29) is 6.04 Å². The van der Waals surface area contributed by atoms with E-state index in [0.717, 1.165) is 18.6 Å². The SMILES string of the molecule is NC1CCc2cnoc21. The van der Waals surface area contributed by atoms with Crippen LogP contribution in [0.5, 0.6) is 0 Å². The van der Waals surface area contributed by atoms with E-state index < -0.39 is 0 Å². The Bertz CT molecular complexity index is 219. The van der Waals surface area contributed by atoms with Gasteiger partial charge in [0, 0.05) is 5.56 Å².